The molecule has 4 heteroatoms. The van der Waals surface area contributed by atoms with E-state index in [0.717, 1.165) is 11.1 Å². The summed E-state index contributed by atoms with van der Waals surface area (Å²) in [4.78, 5) is 1.20. The molecule has 0 atom stereocenters. The summed E-state index contributed by atoms with van der Waals surface area (Å²) in [6, 6.07) is 16.2. The van der Waals surface area contributed by atoms with Crippen molar-refractivity contribution in [3.05, 3.63) is 48.5 Å². The minimum absolute atomic E-state index is 0.155. The van der Waals surface area contributed by atoms with E-state index in [2.05, 4.69) is 72.7 Å². The second-order valence-electron chi connectivity index (χ2n) is 9.12. The van der Waals surface area contributed by atoms with E-state index in [-0.39, 0.29) is 10.1 Å². The highest BCUT2D eigenvalue weighted by atomic mass is 32.2. The Hall–Kier alpha value is -1.39. The average molecular weight is 403 g/mol. The first-order chi connectivity index (χ1) is 12.5. The van der Waals surface area contributed by atoms with E-state index >= 15 is 0 Å². The molecular weight excluding hydrogens is 368 g/mol. The zero-order valence-corrected chi connectivity index (χ0v) is 19.6. The van der Waals surface area contributed by atoms with Crippen LogP contribution in [0.3, 0.4) is 0 Å². The van der Waals surface area contributed by atoms with Crippen LogP contribution in [0.1, 0.15) is 48.5 Å². The molecule has 0 amide bonds. The van der Waals surface area contributed by atoms with Crippen molar-refractivity contribution in [3.8, 4) is 11.5 Å². The molecule has 0 aromatic heterocycles. The molecule has 2 rings (SSSR count). The second-order valence-corrected chi connectivity index (χ2v) is 16.4. The van der Waals surface area contributed by atoms with Gasteiger partial charge in [0.25, 0.3) is 0 Å². The highest BCUT2D eigenvalue weighted by molar-refractivity contribution is 8.01. The molecule has 0 fully saturated rings. The molecule has 0 saturated heterocycles. The second kappa shape index (κ2) is 8.32. The van der Waals surface area contributed by atoms with Crippen molar-refractivity contribution >= 4 is 25.0 Å². The van der Waals surface area contributed by atoms with Gasteiger partial charge in [-0.05, 0) is 57.9 Å². The summed E-state index contributed by atoms with van der Waals surface area (Å²) in [7, 11) is -2.08. The first-order valence-electron chi connectivity index (χ1n) is 9.67. The molecule has 0 aliphatic rings. The van der Waals surface area contributed by atoms with Crippen molar-refractivity contribution in [1.82, 2.24) is 0 Å². The number of ether oxygens (including phenoxy) is 1. The lowest BCUT2D eigenvalue weighted by molar-refractivity contribution is 0.342. The fourth-order valence-electron chi connectivity index (χ4n) is 4.28. The summed E-state index contributed by atoms with van der Waals surface area (Å²) in [6.45, 7) is 17.1. The summed E-state index contributed by atoms with van der Waals surface area (Å²) >= 11 is 1.91. The number of thioether (sulfide) groups is 1. The van der Waals surface area contributed by atoms with Crippen molar-refractivity contribution in [1.29, 1.82) is 0 Å². The quantitative estimate of drug-likeness (QED) is 0.449. The molecule has 0 aliphatic heterocycles. The van der Waals surface area contributed by atoms with E-state index < -0.39 is 8.07 Å². The molecule has 0 spiro atoms. The highest BCUT2D eigenvalue weighted by Crippen LogP contribution is 2.53. The van der Waals surface area contributed by atoms with Crippen molar-refractivity contribution in [2.24, 2.45) is 0 Å². The van der Waals surface area contributed by atoms with Crippen LogP contribution in [0.15, 0.2) is 53.4 Å². The lowest BCUT2D eigenvalue weighted by atomic mass is 10.2. The van der Waals surface area contributed by atoms with Crippen LogP contribution in [-0.4, -0.2) is 25.2 Å². The van der Waals surface area contributed by atoms with Gasteiger partial charge < -0.3 is 9.84 Å². The molecule has 0 heterocycles. The van der Waals surface area contributed by atoms with Gasteiger partial charge in [-0.1, -0.05) is 59.7 Å². The summed E-state index contributed by atoms with van der Waals surface area (Å²) in [5, 5.41) is 12.4. The monoisotopic (exact) mass is 402 g/mol. The largest absolute Gasteiger partial charge is 0.508 e. The Morgan fingerprint density at radius 1 is 0.889 bits per heavy atom. The standard InChI is InChI=1S/C23H34O2SSi/c1-8-25-20-11-9-10-12-21(20)27(22(2,3)4,23(5,6)7)17-26-19-15-13-18(24)14-16-19/h9-16,24H,8,17H2,1-7H3. The van der Waals surface area contributed by atoms with Crippen LogP contribution in [0.2, 0.25) is 10.1 Å². The molecule has 2 nitrogen and oxygen atoms in total. The van der Waals surface area contributed by atoms with E-state index in [1.807, 2.05) is 23.9 Å². The SMILES string of the molecule is CCOc1ccccc1[Si](CSc1ccc(O)cc1)(C(C)(C)C)C(C)(C)C. The van der Waals surface area contributed by atoms with Gasteiger partial charge in [0.15, 0.2) is 0 Å². The number of hydrogen-bond donors (Lipinski definition) is 1. The third-order valence-corrected chi connectivity index (χ3v) is 14.9. The van der Waals surface area contributed by atoms with Crippen molar-refractivity contribution in [2.75, 3.05) is 12.0 Å². The first-order valence-corrected chi connectivity index (χ1v) is 12.9. The van der Waals surface area contributed by atoms with Gasteiger partial charge in [0, 0.05) is 4.90 Å². The number of phenolic OH excluding ortho intramolecular Hbond substituents is 1. The Kier molecular flexibility index (Phi) is 6.75. The third-order valence-electron chi connectivity index (χ3n) is 5.50. The van der Waals surface area contributed by atoms with Crippen LogP contribution in [0, 0.1) is 0 Å². The van der Waals surface area contributed by atoms with Gasteiger partial charge in [0.2, 0.25) is 0 Å². The topological polar surface area (TPSA) is 29.5 Å². The Balaban J connectivity index is 2.59. The minimum Gasteiger partial charge on any atom is -0.508 e. The summed E-state index contributed by atoms with van der Waals surface area (Å²) in [5.74, 6) is 1.36. The lowest BCUT2D eigenvalue weighted by Crippen LogP contribution is -2.64. The van der Waals surface area contributed by atoms with Crippen LogP contribution < -0.4 is 9.92 Å². The van der Waals surface area contributed by atoms with Crippen LogP contribution >= 0.6 is 11.8 Å². The van der Waals surface area contributed by atoms with E-state index in [1.54, 1.807) is 12.1 Å². The molecular formula is C23H34O2SSi. The van der Waals surface area contributed by atoms with Gasteiger partial charge in [-0.3, -0.25) is 0 Å². The maximum absolute atomic E-state index is 9.60. The fourth-order valence-corrected chi connectivity index (χ4v) is 15.0. The van der Waals surface area contributed by atoms with Gasteiger partial charge in [0.1, 0.15) is 19.6 Å². The zero-order valence-electron chi connectivity index (χ0n) is 17.8. The van der Waals surface area contributed by atoms with Crippen molar-refractivity contribution < 1.29 is 9.84 Å². The molecule has 1 N–H and O–H groups in total. The van der Waals surface area contributed by atoms with Gasteiger partial charge >= 0.3 is 0 Å². The van der Waals surface area contributed by atoms with Gasteiger partial charge in [0.05, 0.1) is 6.61 Å². The molecule has 148 valence electrons. The number of phenols is 1. The summed E-state index contributed by atoms with van der Waals surface area (Å²) in [6.07, 6.45) is 0. The van der Waals surface area contributed by atoms with Crippen LogP contribution in [0.5, 0.6) is 11.5 Å². The molecule has 2 aromatic rings. The lowest BCUT2D eigenvalue weighted by Gasteiger charge is -2.52. The number of aromatic hydroxyl groups is 1. The Labute approximate surface area is 170 Å². The molecule has 0 unspecified atom stereocenters. The molecule has 2 aromatic carbocycles. The third kappa shape index (κ3) is 4.54. The molecule has 0 aliphatic carbocycles. The normalized spacial score (nSPS) is 12.9. The van der Waals surface area contributed by atoms with E-state index in [1.165, 1.54) is 10.1 Å². The Morgan fingerprint density at radius 2 is 1.44 bits per heavy atom. The molecule has 0 saturated carbocycles. The Bertz CT molecular complexity index is 728. The van der Waals surface area contributed by atoms with Crippen LogP contribution in [-0.2, 0) is 0 Å². The van der Waals surface area contributed by atoms with Crippen LogP contribution in [0.4, 0.5) is 0 Å². The fraction of sp³-hybridized carbons (Fsp3) is 0.478. The molecule has 0 radical (unpaired) electrons. The van der Waals surface area contributed by atoms with Gasteiger partial charge in [-0.25, -0.2) is 0 Å². The predicted molar refractivity (Wildman–Crippen MR) is 121 cm³/mol. The van der Waals surface area contributed by atoms with Crippen molar-refractivity contribution in [2.45, 2.75) is 63.4 Å². The predicted octanol–water partition coefficient (Wildman–Crippen LogP) is 6.38. The number of hydrogen-bond acceptors (Lipinski definition) is 3. The summed E-state index contributed by atoms with van der Waals surface area (Å²) < 4.78 is 6.09. The van der Waals surface area contributed by atoms with E-state index in [9.17, 15) is 5.11 Å². The minimum atomic E-state index is -2.08. The zero-order chi connectivity index (χ0) is 20.3. The smallest absolute Gasteiger partial charge is 0.118 e. The molecule has 0 bridgehead atoms. The maximum Gasteiger partial charge on any atom is 0.118 e. The molecule has 27 heavy (non-hydrogen) atoms. The highest BCUT2D eigenvalue weighted by Gasteiger charge is 2.55. The average Bonchev–Trinajstić information content (AvgIpc) is 2.56. The van der Waals surface area contributed by atoms with Gasteiger partial charge in [-0.15, -0.1) is 11.8 Å². The van der Waals surface area contributed by atoms with Crippen molar-refractivity contribution in [3.63, 3.8) is 0 Å². The number of rotatable bonds is 6. The van der Waals surface area contributed by atoms with E-state index in [4.69, 9.17) is 4.74 Å². The first kappa shape index (κ1) is 21.9. The Morgan fingerprint density at radius 3 is 1.96 bits per heavy atom. The van der Waals surface area contributed by atoms with Crippen LogP contribution in [0.25, 0.3) is 0 Å². The number of benzene rings is 2. The maximum atomic E-state index is 9.60. The van der Waals surface area contributed by atoms with Gasteiger partial charge in [-0.2, -0.15) is 0 Å². The summed E-state index contributed by atoms with van der Waals surface area (Å²) in [5.41, 5.74) is 0. The number of para-hydroxylation sites is 1. The van der Waals surface area contributed by atoms with E-state index in [0.29, 0.717) is 12.4 Å².